The summed E-state index contributed by atoms with van der Waals surface area (Å²) >= 11 is 1.83. The van der Waals surface area contributed by atoms with Crippen LogP contribution in [0.5, 0.6) is 0 Å². The highest BCUT2D eigenvalue weighted by atomic mass is 32.2. The van der Waals surface area contributed by atoms with Crippen LogP contribution in [0.3, 0.4) is 0 Å². The molecule has 2 rings (SSSR count). The fourth-order valence-electron chi connectivity index (χ4n) is 2.59. The van der Waals surface area contributed by atoms with Gasteiger partial charge in [0.25, 0.3) is 0 Å². The number of nitrogens with zero attached hydrogens (tertiary/aromatic N) is 4. The van der Waals surface area contributed by atoms with Crippen molar-refractivity contribution in [3.8, 4) is 0 Å². The average Bonchev–Trinajstić information content (AvgIpc) is 2.91. The molecule has 1 aliphatic rings. The van der Waals surface area contributed by atoms with Gasteiger partial charge in [0.1, 0.15) is 0 Å². The zero-order valence-corrected chi connectivity index (χ0v) is 12.2. The van der Waals surface area contributed by atoms with E-state index in [0.29, 0.717) is 12.8 Å². The number of hydrogen-bond donors (Lipinski definition) is 1. The Bertz CT molecular complexity index is 439. The molecule has 106 valence electrons. The van der Waals surface area contributed by atoms with Crippen LogP contribution in [0.25, 0.3) is 0 Å². The highest BCUT2D eigenvalue weighted by molar-refractivity contribution is 7.99. The maximum Gasteiger partial charge on any atom is 0.331 e. The summed E-state index contributed by atoms with van der Waals surface area (Å²) in [4.78, 5) is 11.7. The van der Waals surface area contributed by atoms with Crippen LogP contribution in [0.2, 0.25) is 0 Å². The molecule has 1 unspecified atom stereocenters. The standard InChI is InChI=1S/C12H20N4O2S/c1-3-12(4-2,11(17)18)16-10(13-14-15-16)9-7-5-6-8-19-9/h9H,3-8H2,1-2H3,(H,17,18). The van der Waals surface area contributed by atoms with Crippen LogP contribution in [0.4, 0.5) is 0 Å². The number of rotatable bonds is 5. The van der Waals surface area contributed by atoms with Gasteiger partial charge < -0.3 is 5.11 Å². The van der Waals surface area contributed by atoms with Crippen molar-refractivity contribution in [1.82, 2.24) is 20.2 Å². The third kappa shape index (κ3) is 2.48. The van der Waals surface area contributed by atoms with Crippen LogP contribution in [-0.4, -0.2) is 37.0 Å². The molecule has 1 atom stereocenters. The molecule has 1 N–H and O–H groups in total. The number of hydrogen-bond acceptors (Lipinski definition) is 5. The van der Waals surface area contributed by atoms with Crippen LogP contribution >= 0.6 is 11.8 Å². The summed E-state index contributed by atoms with van der Waals surface area (Å²) in [5, 5.41) is 21.6. The lowest BCUT2D eigenvalue weighted by Gasteiger charge is -2.30. The van der Waals surface area contributed by atoms with E-state index in [9.17, 15) is 9.90 Å². The maximum absolute atomic E-state index is 11.7. The summed E-state index contributed by atoms with van der Waals surface area (Å²) in [7, 11) is 0. The Morgan fingerprint density at radius 2 is 2.21 bits per heavy atom. The van der Waals surface area contributed by atoms with E-state index in [1.165, 1.54) is 6.42 Å². The Labute approximate surface area is 117 Å². The highest BCUT2D eigenvalue weighted by Gasteiger charge is 2.41. The Morgan fingerprint density at radius 3 is 2.74 bits per heavy atom. The largest absolute Gasteiger partial charge is 0.479 e. The number of aliphatic carboxylic acids is 1. The minimum atomic E-state index is -1.02. The average molecular weight is 284 g/mol. The van der Waals surface area contributed by atoms with E-state index in [1.54, 1.807) is 4.68 Å². The third-order valence-electron chi connectivity index (χ3n) is 3.93. The summed E-state index contributed by atoms with van der Waals surface area (Å²) < 4.78 is 1.55. The van der Waals surface area contributed by atoms with E-state index < -0.39 is 11.5 Å². The molecule has 7 heteroatoms. The third-order valence-corrected chi connectivity index (χ3v) is 5.31. The van der Waals surface area contributed by atoms with Gasteiger partial charge in [-0.1, -0.05) is 20.3 Å². The molecular formula is C12H20N4O2S. The first-order valence-corrected chi connectivity index (χ1v) is 7.84. The van der Waals surface area contributed by atoms with Gasteiger partial charge in [-0.05, 0) is 41.9 Å². The van der Waals surface area contributed by atoms with Gasteiger partial charge in [-0.15, -0.1) is 5.10 Å². The predicted molar refractivity (Wildman–Crippen MR) is 73.1 cm³/mol. The molecule has 1 aromatic rings. The second kappa shape index (κ2) is 5.90. The molecule has 0 spiro atoms. The van der Waals surface area contributed by atoms with Crippen molar-refractivity contribution in [2.24, 2.45) is 0 Å². The topological polar surface area (TPSA) is 80.9 Å². The molecule has 6 nitrogen and oxygen atoms in total. The summed E-state index contributed by atoms with van der Waals surface area (Å²) in [6.45, 7) is 3.74. The first kappa shape index (κ1) is 14.3. The zero-order valence-electron chi connectivity index (χ0n) is 11.4. The van der Waals surface area contributed by atoms with Gasteiger partial charge in [0.15, 0.2) is 11.4 Å². The first-order chi connectivity index (χ1) is 9.15. The smallest absolute Gasteiger partial charge is 0.331 e. The van der Waals surface area contributed by atoms with Gasteiger partial charge in [0, 0.05) is 0 Å². The molecular weight excluding hydrogens is 264 g/mol. The lowest BCUT2D eigenvalue weighted by molar-refractivity contribution is -0.148. The van der Waals surface area contributed by atoms with Crippen molar-refractivity contribution >= 4 is 17.7 Å². The van der Waals surface area contributed by atoms with Gasteiger partial charge in [-0.25, -0.2) is 9.48 Å². The van der Waals surface area contributed by atoms with Crippen molar-refractivity contribution in [1.29, 1.82) is 0 Å². The molecule has 19 heavy (non-hydrogen) atoms. The Kier molecular flexibility index (Phi) is 4.44. The number of aromatic nitrogens is 4. The van der Waals surface area contributed by atoms with Crippen molar-refractivity contribution < 1.29 is 9.90 Å². The van der Waals surface area contributed by atoms with E-state index in [2.05, 4.69) is 15.5 Å². The van der Waals surface area contributed by atoms with Crippen molar-refractivity contribution in [2.45, 2.75) is 56.7 Å². The van der Waals surface area contributed by atoms with Gasteiger partial charge in [-0.2, -0.15) is 11.8 Å². The number of carboxylic acid groups (broad SMARTS) is 1. The highest BCUT2D eigenvalue weighted by Crippen LogP contribution is 2.39. The van der Waals surface area contributed by atoms with Gasteiger partial charge >= 0.3 is 5.97 Å². The van der Waals surface area contributed by atoms with E-state index in [-0.39, 0.29) is 5.25 Å². The minimum Gasteiger partial charge on any atom is -0.479 e. The lowest BCUT2D eigenvalue weighted by Crippen LogP contribution is -2.43. The van der Waals surface area contributed by atoms with Gasteiger partial charge in [0.2, 0.25) is 0 Å². The molecule has 1 aliphatic heterocycles. The Morgan fingerprint density at radius 1 is 1.47 bits per heavy atom. The lowest BCUT2D eigenvalue weighted by atomic mass is 9.93. The summed E-state index contributed by atoms with van der Waals surface area (Å²) in [6, 6.07) is 0. The van der Waals surface area contributed by atoms with Crippen LogP contribution in [0, 0.1) is 0 Å². The zero-order chi connectivity index (χ0) is 13.9. The van der Waals surface area contributed by atoms with Crippen LogP contribution in [0.1, 0.15) is 57.0 Å². The molecule has 1 saturated heterocycles. The molecule has 1 fully saturated rings. The van der Waals surface area contributed by atoms with Crippen molar-refractivity contribution in [3.05, 3.63) is 5.82 Å². The molecule has 0 bridgehead atoms. The SMILES string of the molecule is CCC(CC)(C(=O)O)n1nnnc1C1CCCCS1. The number of thioether (sulfide) groups is 1. The molecule has 0 aliphatic carbocycles. The van der Waals surface area contributed by atoms with E-state index in [4.69, 9.17) is 0 Å². The monoisotopic (exact) mass is 284 g/mol. The molecule has 0 amide bonds. The fourth-order valence-corrected chi connectivity index (χ4v) is 3.87. The van der Waals surface area contributed by atoms with Crippen LogP contribution in [-0.2, 0) is 10.3 Å². The number of carbonyl (C=O) groups is 1. The summed E-state index contributed by atoms with van der Waals surface area (Å²) in [5.41, 5.74) is -1.02. The molecule has 2 heterocycles. The van der Waals surface area contributed by atoms with E-state index in [1.807, 2.05) is 25.6 Å². The Hall–Kier alpha value is -1.11. The molecule has 0 radical (unpaired) electrons. The quantitative estimate of drug-likeness (QED) is 0.893. The minimum absolute atomic E-state index is 0.223. The molecule has 1 aromatic heterocycles. The Balaban J connectivity index is 2.38. The number of tetrazole rings is 1. The first-order valence-electron chi connectivity index (χ1n) is 6.79. The van der Waals surface area contributed by atoms with Crippen LogP contribution < -0.4 is 0 Å². The van der Waals surface area contributed by atoms with E-state index >= 15 is 0 Å². The second-order valence-electron chi connectivity index (χ2n) is 4.85. The van der Waals surface area contributed by atoms with Gasteiger partial charge in [-0.3, -0.25) is 0 Å². The maximum atomic E-state index is 11.7. The number of carboxylic acids is 1. The second-order valence-corrected chi connectivity index (χ2v) is 6.16. The summed E-state index contributed by atoms with van der Waals surface area (Å²) in [5.74, 6) is 0.957. The van der Waals surface area contributed by atoms with Gasteiger partial charge in [0.05, 0.1) is 5.25 Å². The molecule has 0 saturated carbocycles. The fraction of sp³-hybridized carbons (Fsp3) is 0.833. The summed E-state index contributed by atoms with van der Waals surface area (Å²) in [6.07, 6.45) is 4.36. The van der Waals surface area contributed by atoms with Crippen molar-refractivity contribution in [3.63, 3.8) is 0 Å². The van der Waals surface area contributed by atoms with Crippen molar-refractivity contribution in [2.75, 3.05) is 5.75 Å². The molecule has 0 aromatic carbocycles. The van der Waals surface area contributed by atoms with Crippen LogP contribution in [0.15, 0.2) is 0 Å². The normalized spacial score (nSPS) is 20.4. The van der Waals surface area contributed by atoms with E-state index in [0.717, 1.165) is 24.4 Å². The predicted octanol–water partition coefficient (Wildman–Crippen LogP) is 2.23.